The summed E-state index contributed by atoms with van der Waals surface area (Å²) in [5, 5.41) is 9.47. The van der Waals surface area contributed by atoms with Gasteiger partial charge in [-0.25, -0.2) is 14.2 Å². The van der Waals surface area contributed by atoms with Crippen molar-refractivity contribution < 1.29 is 28.5 Å². The third-order valence-corrected chi connectivity index (χ3v) is 10.4. The van der Waals surface area contributed by atoms with Gasteiger partial charge in [0.2, 0.25) is 0 Å². The van der Waals surface area contributed by atoms with E-state index in [0.717, 1.165) is 79.6 Å². The number of rotatable bonds is 7. The van der Waals surface area contributed by atoms with Crippen LogP contribution in [-0.4, -0.2) is 64.4 Å². The summed E-state index contributed by atoms with van der Waals surface area (Å²) in [4.78, 5) is 22.3. The van der Waals surface area contributed by atoms with Crippen molar-refractivity contribution in [2.45, 2.75) is 51.7 Å². The summed E-state index contributed by atoms with van der Waals surface area (Å²) in [5.74, 6) is -0.225. The number of hydrogen-bond acceptors (Lipinski definition) is 8. The molecule has 0 radical (unpaired) electrons. The van der Waals surface area contributed by atoms with Gasteiger partial charge in [-0.3, -0.25) is 4.90 Å². The zero-order valence-corrected chi connectivity index (χ0v) is 25.0. The molecule has 2 aromatic heterocycles. The van der Waals surface area contributed by atoms with Crippen LogP contribution in [0.2, 0.25) is 0 Å². The van der Waals surface area contributed by atoms with Gasteiger partial charge in [-0.15, -0.1) is 11.3 Å². The van der Waals surface area contributed by atoms with E-state index in [-0.39, 0.29) is 17.3 Å². The molecule has 2 atom stereocenters. The topological polar surface area (TPSA) is 89.3 Å². The maximum Gasteiger partial charge on any atom is 0.346 e. The lowest BCUT2D eigenvalue weighted by Crippen LogP contribution is -2.57. The summed E-state index contributed by atoms with van der Waals surface area (Å²) in [6.45, 7) is 9.56. The maximum atomic E-state index is 14.9. The Hall–Kier alpha value is -3.67. The van der Waals surface area contributed by atoms with Gasteiger partial charge in [0.15, 0.2) is 11.5 Å². The average molecular weight is 605 g/mol. The molecule has 224 valence electrons. The van der Waals surface area contributed by atoms with Crippen molar-refractivity contribution in [3.05, 3.63) is 70.1 Å². The van der Waals surface area contributed by atoms with Crippen molar-refractivity contribution in [1.29, 1.82) is 0 Å². The molecule has 1 spiro atoms. The van der Waals surface area contributed by atoms with E-state index in [0.29, 0.717) is 28.5 Å². The molecule has 0 saturated carbocycles. The molecule has 4 aromatic rings. The Bertz CT molecular complexity index is 1760. The summed E-state index contributed by atoms with van der Waals surface area (Å²) >= 11 is 1.23. The van der Waals surface area contributed by atoms with Crippen LogP contribution in [0.25, 0.3) is 10.3 Å². The van der Waals surface area contributed by atoms with Gasteiger partial charge in [0.1, 0.15) is 21.3 Å². The van der Waals surface area contributed by atoms with Crippen LogP contribution in [-0.2, 0) is 23.6 Å². The zero-order chi connectivity index (χ0) is 29.5. The minimum atomic E-state index is -1.23. The normalized spacial score (nSPS) is 24.1. The molecule has 3 saturated heterocycles. The van der Waals surface area contributed by atoms with E-state index in [2.05, 4.69) is 20.4 Å². The van der Waals surface area contributed by atoms with Crippen molar-refractivity contribution in [2.24, 2.45) is 5.41 Å². The smallest absolute Gasteiger partial charge is 0.346 e. The Morgan fingerprint density at radius 3 is 2.77 bits per heavy atom. The first-order chi connectivity index (χ1) is 20.7. The second-order valence-corrected chi connectivity index (χ2v) is 13.6. The van der Waals surface area contributed by atoms with E-state index in [1.807, 2.05) is 25.1 Å². The van der Waals surface area contributed by atoms with E-state index in [4.69, 9.17) is 19.2 Å². The van der Waals surface area contributed by atoms with Crippen LogP contribution in [0.4, 0.5) is 10.1 Å². The number of carboxylic acid groups (broad SMARTS) is 1. The van der Waals surface area contributed by atoms with Crippen molar-refractivity contribution in [1.82, 2.24) is 14.5 Å². The molecule has 11 heteroatoms. The minimum Gasteiger partial charge on any atom is -0.477 e. The van der Waals surface area contributed by atoms with Crippen LogP contribution in [0.3, 0.4) is 0 Å². The number of aromatic carboxylic acids is 1. The Kier molecular flexibility index (Phi) is 6.05. The molecule has 8 rings (SSSR count). The number of nitrogens with zero attached hydrogens (tertiary/aromatic N) is 4. The molecule has 1 N–H and O–H groups in total. The lowest BCUT2D eigenvalue weighted by molar-refractivity contribution is -0.0705. The zero-order valence-electron chi connectivity index (χ0n) is 24.1. The first-order valence-electron chi connectivity index (χ1n) is 14.8. The number of hydrogen-bond donors (Lipinski definition) is 1. The molecule has 3 fully saturated rings. The van der Waals surface area contributed by atoms with E-state index < -0.39 is 11.8 Å². The van der Waals surface area contributed by atoms with Gasteiger partial charge < -0.3 is 28.8 Å². The van der Waals surface area contributed by atoms with Crippen molar-refractivity contribution >= 4 is 33.3 Å². The fourth-order valence-electron chi connectivity index (χ4n) is 7.10. The van der Waals surface area contributed by atoms with Gasteiger partial charge in [-0.05, 0) is 55.7 Å². The minimum absolute atomic E-state index is 0.151. The number of anilines is 1. The molecule has 0 bridgehead atoms. The highest BCUT2D eigenvalue weighted by Gasteiger charge is 2.49. The summed E-state index contributed by atoms with van der Waals surface area (Å²) in [5.41, 5.74) is 3.27. The number of likely N-dealkylation sites (tertiary alicyclic amines) is 1. The summed E-state index contributed by atoms with van der Waals surface area (Å²) in [7, 11) is 0. The number of thiophene rings is 1. The lowest BCUT2D eigenvalue weighted by atomic mass is 9.79. The van der Waals surface area contributed by atoms with Crippen LogP contribution in [0.5, 0.6) is 11.5 Å². The number of benzene rings is 2. The second-order valence-electron chi connectivity index (χ2n) is 12.6. The number of aryl methyl sites for hydroxylation is 1. The van der Waals surface area contributed by atoms with Gasteiger partial charge in [0.25, 0.3) is 5.79 Å². The molecule has 0 amide bonds. The van der Waals surface area contributed by atoms with Crippen molar-refractivity contribution in [3.8, 4) is 11.5 Å². The lowest BCUT2D eigenvalue weighted by Gasteiger charge is -2.48. The van der Waals surface area contributed by atoms with Gasteiger partial charge in [-0.2, -0.15) is 0 Å². The van der Waals surface area contributed by atoms with Crippen molar-refractivity contribution in [3.63, 3.8) is 0 Å². The summed E-state index contributed by atoms with van der Waals surface area (Å²) in [6, 6.07) is 12.8. The standard InChI is InChI=1S/C32H33FN4O5S/c1-19-6-7-21(22(33)12-19)31(2)41-25-5-3-4-23(28(25)42-31)36-10-9-32(18-36)16-35(17-32)15-27-34-29-24(13-26(43-29)30(38)39)37(27)14-20-8-11-40-20/h3-7,12-13,20H,8-11,14-18H2,1-2H3,(H,38,39). The molecular formula is C32H33FN4O5S. The quantitative estimate of drug-likeness (QED) is 0.301. The van der Waals surface area contributed by atoms with E-state index in [9.17, 15) is 14.3 Å². The Morgan fingerprint density at radius 1 is 1.19 bits per heavy atom. The second kappa shape index (κ2) is 9.67. The first kappa shape index (κ1) is 26.9. The number of carboxylic acids is 1. The van der Waals surface area contributed by atoms with E-state index >= 15 is 0 Å². The van der Waals surface area contributed by atoms with Crippen LogP contribution in [0, 0.1) is 18.2 Å². The molecule has 4 aliphatic heterocycles. The average Bonchev–Trinajstić information content (AvgIpc) is 3.67. The molecule has 43 heavy (non-hydrogen) atoms. The van der Waals surface area contributed by atoms with Gasteiger partial charge in [0.05, 0.1) is 36.0 Å². The number of carbonyl (C=O) groups is 1. The number of ether oxygens (including phenoxy) is 3. The molecule has 4 aliphatic rings. The van der Waals surface area contributed by atoms with Crippen LogP contribution >= 0.6 is 11.3 Å². The molecular weight excluding hydrogens is 571 g/mol. The first-order valence-corrected chi connectivity index (χ1v) is 15.6. The molecule has 2 unspecified atom stereocenters. The third-order valence-electron chi connectivity index (χ3n) is 9.35. The Balaban J connectivity index is 0.969. The van der Waals surface area contributed by atoms with E-state index in [1.165, 1.54) is 17.4 Å². The van der Waals surface area contributed by atoms with E-state index in [1.54, 1.807) is 19.1 Å². The fourth-order valence-corrected chi connectivity index (χ4v) is 7.99. The Morgan fingerprint density at radius 2 is 2.02 bits per heavy atom. The van der Waals surface area contributed by atoms with Crippen LogP contribution in [0.15, 0.2) is 42.5 Å². The summed E-state index contributed by atoms with van der Waals surface area (Å²) in [6.07, 6.45) is 2.23. The van der Waals surface area contributed by atoms with Gasteiger partial charge >= 0.3 is 5.97 Å². The number of halogens is 1. The number of aromatic nitrogens is 2. The number of imidazole rings is 1. The van der Waals surface area contributed by atoms with Gasteiger partial charge in [0, 0.05) is 45.1 Å². The number of para-hydroxylation sites is 1. The predicted octanol–water partition coefficient (Wildman–Crippen LogP) is 5.39. The van der Waals surface area contributed by atoms with Gasteiger partial charge in [-0.1, -0.05) is 12.1 Å². The maximum absolute atomic E-state index is 14.9. The predicted molar refractivity (Wildman–Crippen MR) is 160 cm³/mol. The largest absolute Gasteiger partial charge is 0.477 e. The molecule has 0 aliphatic carbocycles. The van der Waals surface area contributed by atoms with Crippen molar-refractivity contribution in [2.75, 3.05) is 37.7 Å². The molecule has 2 aromatic carbocycles. The highest BCUT2D eigenvalue weighted by Crippen LogP contribution is 2.52. The third kappa shape index (κ3) is 4.47. The van der Waals surface area contributed by atoms with Crippen LogP contribution in [0.1, 0.15) is 46.4 Å². The number of fused-ring (bicyclic) bond motifs is 2. The van der Waals surface area contributed by atoms with Crippen LogP contribution < -0.4 is 14.4 Å². The molecule has 9 nitrogen and oxygen atoms in total. The molecule has 6 heterocycles. The monoisotopic (exact) mass is 604 g/mol. The SMILES string of the molecule is Cc1ccc(C2(C)Oc3cccc(N4CCC5(CN(Cc6nc7sc(C(=O)O)cc7n6CC6CCO6)C5)C4)c3O2)c(F)c1. The Labute approximate surface area is 252 Å². The summed E-state index contributed by atoms with van der Waals surface area (Å²) < 4.78 is 35.4. The fraction of sp³-hybridized carbons (Fsp3) is 0.438. The highest BCUT2D eigenvalue weighted by molar-refractivity contribution is 7.20. The highest BCUT2D eigenvalue weighted by atomic mass is 32.1.